The molecule has 1 aromatic carbocycles. The van der Waals surface area contributed by atoms with Gasteiger partial charge >= 0.3 is 0 Å². The smallest absolute Gasteiger partial charge is 0.137 e. The van der Waals surface area contributed by atoms with Crippen molar-refractivity contribution in [3.63, 3.8) is 0 Å². The van der Waals surface area contributed by atoms with E-state index >= 15 is 0 Å². The fourth-order valence-corrected chi connectivity index (χ4v) is 2.53. The molecule has 0 spiro atoms. The van der Waals surface area contributed by atoms with Gasteiger partial charge in [0.2, 0.25) is 0 Å². The molecule has 2 aromatic rings. The Morgan fingerprint density at radius 2 is 2.21 bits per heavy atom. The maximum absolute atomic E-state index is 6.11. The Balaban J connectivity index is 1.99. The Labute approximate surface area is 113 Å². The van der Waals surface area contributed by atoms with Gasteiger partial charge in [-0.15, -0.1) is 0 Å². The number of rotatable bonds is 6. The molecule has 1 saturated carbocycles. The Hall–Kier alpha value is -1.32. The number of fused-ring (bicyclic) bond motifs is 1. The summed E-state index contributed by atoms with van der Waals surface area (Å²) in [6.45, 7) is 3.58. The van der Waals surface area contributed by atoms with Gasteiger partial charge in [-0.25, -0.2) is 0 Å². The van der Waals surface area contributed by atoms with E-state index in [2.05, 4.69) is 30.4 Å². The molecule has 0 unspecified atom stereocenters. The second kappa shape index (κ2) is 5.35. The van der Waals surface area contributed by atoms with Gasteiger partial charge in [-0.1, -0.05) is 25.1 Å². The third-order valence-corrected chi connectivity index (χ3v) is 3.78. The van der Waals surface area contributed by atoms with E-state index in [1.54, 1.807) is 7.11 Å². The quantitative estimate of drug-likeness (QED) is 0.863. The molecule has 3 rings (SSSR count). The Morgan fingerprint density at radius 1 is 1.37 bits per heavy atom. The normalized spacial score (nSPS) is 15.3. The van der Waals surface area contributed by atoms with Crippen molar-refractivity contribution >= 4 is 11.0 Å². The van der Waals surface area contributed by atoms with E-state index in [0.717, 1.165) is 24.3 Å². The highest BCUT2D eigenvalue weighted by molar-refractivity contribution is 5.85. The molecule has 19 heavy (non-hydrogen) atoms. The van der Waals surface area contributed by atoms with Crippen LogP contribution >= 0.6 is 0 Å². The van der Waals surface area contributed by atoms with Crippen LogP contribution in [0.25, 0.3) is 11.0 Å². The summed E-state index contributed by atoms with van der Waals surface area (Å²) in [5.74, 6) is 1.03. The number of benzene rings is 1. The number of nitrogens with one attached hydrogen (secondary N) is 1. The van der Waals surface area contributed by atoms with Gasteiger partial charge in [-0.2, -0.15) is 0 Å². The SMILES string of the molecule is CCc1cccc2c(COC)c(CNC3CC3)oc12. The molecule has 0 bridgehead atoms. The van der Waals surface area contributed by atoms with E-state index in [1.807, 2.05) is 0 Å². The largest absolute Gasteiger partial charge is 0.459 e. The molecule has 0 amide bonds. The molecule has 0 aliphatic heterocycles. The minimum absolute atomic E-state index is 0.613. The molecule has 1 heterocycles. The lowest BCUT2D eigenvalue weighted by atomic mass is 10.1. The fraction of sp³-hybridized carbons (Fsp3) is 0.500. The van der Waals surface area contributed by atoms with Crippen LogP contribution in [-0.2, 0) is 24.3 Å². The molecule has 3 heteroatoms. The second-order valence-corrected chi connectivity index (χ2v) is 5.24. The van der Waals surface area contributed by atoms with Gasteiger partial charge < -0.3 is 14.5 Å². The number of aryl methyl sites for hydroxylation is 1. The molecule has 1 fully saturated rings. The number of ether oxygens (including phenoxy) is 1. The molecule has 1 aromatic heterocycles. The fourth-order valence-electron chi connectivity index (χ4n) is 2.53. The molecule has 1 aliphatic rings. The first-order valence-electron chi connectivity index (χ1n) is 7.08. The second-order valence-electron chi connectivity index (χ2n) is 5.24. The van der Waals surface area contributed by atoms with Crippen molar-refractivity contribution in [1.29, 1.82) is 0 Å². The van der Waals surface area contributed by atoms with Crippen molar-refractivity contribution < 1.29 is 9.15 Å². The first kappa shape index (κ1) is 12.7. The average molecular weight is 259 g/mol. The zero-order valence-corrected chi connectivity index (χ0v) is 11.7. The zero-order valence-electron chi connectivity index (χ0n) is 11.7. The summed E-state index contributed by atoms with van der Waals surface area (Å²) in [6.07, 6.45) is 3.58. The van der Waals surface area contributed by atoms with Crippen LogP contribution in [0.15, 0.2) is 22.6 Å². The molecular weight excluding hydrogens is 238 g/mol. The maximum Gasteiger partial charge on any atom is 0.137 e. The molecule has 0 atom stereocenters. The van der Waals surface area contributed by atoms with E-state index in [-0.39, 0.29) is 0 Å². The van der Waals surface area contributed by atoms with Crippen LogP contribution in [0, 0.1) is 0 Å². The van der Waals surface area contributed by atoms with Gasteiger partial charge in [-0.3, -0.25) is 0 Å². The number of hydrogen-bond donors (Lipinski definition) is 1. The Bertz CT molecular complexity index is 569. The minimum Gasteiger partial charge on any atom is -0.459 e. The number of hydrogen-bond acceptors (Lipinski definition) is 3. The summed E-state index contributed by atoms with van der Waals surface area (Å²) < 4.78 is 11.5. The lowest BCUT2D eigenvalue weighted by Gasteiger charge is -2.03. The van der Waals surface area contributed by atoms with Gasteiger partial charge in [0.25, 0.3) is 0 Å². The molecule has 3 nitrogen and oxygen atoms in total. The maximum atomic E-state index is 6.11. The molecule has 0 radical (unpaired) electrons. The minimum atomic E-state index is 0.613. The summed E-state index contributed by atoms with van der Waals surface area (Å²) in [7, 11) is 1.74. The number of furan rings is 1. The summed E-state index contributed by atoms with van der Waals surface area (Å²) in [4.78, 5) is 0. The van der Waals surface area contributed by atoms with Crippen LogP contribution in [0.1, 0.15) is 36.7 Å². The molecule has 0 saturated heterocycles. The summed E-state index contributed by atoms with van der Waals surface area (Å²) in [5, 5.41) is 4.72. The van der Waals surface area contributed by atoms with Crippen molar-refractivity contribution in [1.82, 2.24) is 5.32 Å². The van der Waals surface area contributed by atoms with Gasteiger partial charge in [-0.05, 0) is 24.8 Å². The van der Waals surface area contributed by atoms with Gasteiger partial charge in [0, 0.05) is 24.1 Å². The van der Waals surface area contributed by atoms with Crippen LogP contribution in [0.2, 0.25) is 0 Å². The van der Waals surface area contributed by atoms with E-state index in [9.17, 15) is 0 Å². The predicted molar refractivity (Wildman–Crippen MR) is 76.2 cm³/mol. The topological polar surface area (TPSA) is 34.4 Å². The van der Waals surface area contributed by atoms with E-state index in [1.165, 1.54) is 29.4 Å². The molecule has 1 aliphatic carbocycles. The van der Waals surface area contributed by atoms with Gasteiger partial charge in [0.1, 0.15) is 11.3 Å². The lowest BCUT2D eigenvalue weighted by Crippen LogP contribution is -2.15. The third kappa shape index (κ3) is 2.53. The Morgan fingerprint density at radius 3 is 2.89 bits per heavy atom. The van der Waals surface area contributed by atoms with Crippen molar-refractivity contribution in [2.75, 3.05) is 7.11 Å². The first-order chi connectivity index (χ1) is 9.33. The van der Waals surface area contributed by atoms with Crippen LogP contribution in [0.3, 0.4) is 0 Å². The standard InChI is InChI=1S/C16H21NO2/c1-3-11-5-4-6-13-14(10-18-2)15(19-16(11)13)9-17-12-7-8-12/h4-6,12,17H,3,7-10H2,1-2H3. The van der Waals surface area contributed by atoms with Crippen molar-refractivity contribution in [2.45, 2.75) is 45.4 Å². The molecule has 102 valence electrons. The van der Waals surface area contributed by atoms with Crippen LogP contribution in [0.5, 0.6) is 0 Å². The first-order valence-corrected chi connectivity index (χ1v) is 7.08. The monoisotopic (exact) mass is 259 g/mol. The van der Waals surface area contributed by atoms with Crippen molar-refractivity contribution in [3.8, 4) is 0 Å². The predicted octanol–water partition coefficient (Wildman–Crippen LogP) is 3.39. The molecular formula is C16H21NO2. The highest BCUT2D eigenvalue weighted by atomic mass is 16.5. The van der Waals surface area contributed by atoms with Crippen LogP contribution in [0.4, 0.5) is 0 Å². The van der Waals surface area contributed by atoms with Crippen LogP contribution < -0.4 is 5.32 Å². The van der Waals surface area contributed by atoms with Gasteiger partial charge in [0.15, 0.2) is 0 Å². The van der Waals surface area contributed by atoms with Crippen molar-refractivity contribution in [3.05, 3.63) is 35.1 Å². The summed E-state index contributed by atoms with van der Waals surface area (Å²) >= 11 is 0. The van der Waals surface area contributed by atoms with Crippen molar-refractivity contribution in [2.24, 2.45) is 0 Å². The highest BCUT2D eigenvalue weighted by Crippen LogP contribution is 2.30. The zero-order chi connectivity index (χ0) is 13.2. The van der Waals surface area contributed by atoms with Crippen LogP contribution in [-0.4, -0.2) is 13.2 Å². The highest BCUT2D eigenvalue weighted by Gasteiger charge is 2.22. The Kier molecular flexibility index (Phi) is 3.58. The number of para-hydroxylation sites is 1. The number of methoxy groups -OCH3 is 1. The van der Waals surface area contributed by atoms with Gasteiger partial charge in [0.05, 0.1) is 13.2 Å². The molecule has 1 N–H and O–H groups in total. The summed E-state index contributed by atoms with van der Waals surface area (Å²) in [5.41, 5.74) is 3.50. The van der Waals surface area contributed by atoms with E-state index < -0.39 is 0 Å². The lowest BCUT2D eigenvalue weighted by molar-refractivity contribution is 0.183. The van der Waals surface area contributed by atoms with E-state index in [4.69, 9.17) is 9.15 Å². The van der Waals surface area contributed by atoms with E-state index in [0.29, 0.717) is 12.6 Å². The third-order valence-electron chi connectivity index (χ3n) is 3.78. The summed E-state index contributed by atoms with van der Waals surface area (Å²) in [6, 6.07) is 7.07. The average Bonchev–Trinajstić information content (AvgIpc) is 3.20.